The summed E-state index contributed by atoms with van der Waals surface area (Å²) in [5.74, 6) is -10.6. The van der Waals surface area contributed by atoms with Gasteiger partial charge in [-0.25, -0.2) is 4.98 Å². The van der Waals surface area contributed by atoms with Crippen molar-refractivity contribution in [2.24, 2.45) is 34.6 Å². The molecule has 90 heavy (non-hydrogen) atoms. The number of ether oxygens (including phenoxy) is 1. The normalized spacial score (nSPS) is 21.8. The summed E-state index contributed by atoms with van der Waals surface area (Å²) in [7, 11) is 1.36. The topological polar surface area (TPSA) is 513 Å². The Morgan fingerprint density at radius 1 is 0.600 bits per heavy atom. The van der Waals surface area contributed by atoms with E-state index in [9.17, 15) is 63.0 Å². The fraction of sp³-hybridized carbons (Fsp3) is 0.525. The van der Waals surface area contributed by atoms with Crippen LogP contribution in [0.1, 0.15) is 82.1 Å². The molecule has 1 saturated heterocycles. The first-order chi connectivity index (χ1) is 42.9. The van der Waals surface area contributed by atoms with Gasteiger partial charge in [0.05, 0.1) is 25.0 Å². The third kappa shape index (κ3) is 23.0. The zero-order chi connectivity index (χ0) is 66.6. The number of aliphatic hydroxyl groups is 2. The van der Waals surface area contributed by atoms with Gasteiger partial charge in [0.25, 0.3) is 5.91 Å². The van der Waals surface area contributed by atoms with Gasteiger partial charge in [-0.1, -0.05) is 74.5 Å². The predicted molar refractivity (Wildman–Crippen MR) is 329 cm³/mol. The zero-order valence-electron chi connectivity index (χ0n) is 51.3. The number of benzene rings is 2. The van der Waals surface area contributed by atoms with E-state index in [1.165, 1.54) is 26.2 Å². The molecular weight excluding hydrogens is 1170 g/mol. The van der Waals surface area contributed by atoms with Crippen LogP contribution >= 0.6 is 0 Å². The van der Waals surface area contributed by atoms with Gasteiger partial charge in [-0.05, 0) is 96.1 Å². The van der Waals surface area contributed by atoms with Gasteiger partial charge in [-0.15, -0.1) is 0 Å². The summed E-state index contributed by atoms with van der Waals surface area (Å²) in [6.45, 7) is 4.13. The van der Waals surface area contributed by atoms with E-state index in [0.29, 0.717) is 16.8 Å². The molecule has 0 bridgehead atoms. The quantitative estimate of drug-likeness (QED) is 0.0376. The number of carbonyl (C=O) groups is 11. The maximum atomic E-state index is 14.5. The van der Waals surface area contributed by atoms with Crippen molar-refractivity contribution in [1.82, 2.24) is 63.5 Å². The molecule has 31 heteroatoms. The zero-order valence-corrected chi connectivity index (χ0v) is 51.3. The number of nitrogens with one attached hydrogen (secondary N) is 11. The second-order valence-corrected chi connectivity index (χ2v) is 22.0. The van der Waals surface area contributed by atoms with Crippen LogP contribution in [0.25, 0.3) is 11.3 Å². The molecule has 0 saturated carbocycles. The van der Waals surface area contributed by atoms with E-state index in [2.05, 4.69) is 63.5 Å². The van der Waals surface area contributed by atoms with Gasteiger partial charge in [0.2, 0.25) is 65.0 Å². The molecule has 1 aliphatic rings. The molecule has 11 amide bonds. The Morgan fingerprint density at radius 2 is 1.12 bits per heavy atom. The summed E-state index contributed by atoms with van der Waals surface area (Å²) >= 11 is 0. The lowest BCUT2D eigenvalue weighted by Crippen LogP contribution is -2.63. The van der Waals surface area contributed by atoms with E-state index in [-0.39, 0.29) is 82.1 Å². The molecule has 1 fully saturated rings. The number of rotatable bonds is 25. The summed E-state index contributed by atoms with van der Waals surface area (Å²) in [5.41, 5.74) is 31.2. The van der Waals surface area contributed by atoms with Gasteiger partial charge in [0.1, 0.15) is 60.4 Å². The molecule has 494 valence electrons. The summed E-state index contributed by atoms with van der Waals surface area (Å²) in [6.07, 6.45) is -4.56. The van der Waals surface area contributed by atoms with Crippen LogP contribution in [0.4, 0.5) is 0 Å². The van der Waals surface area contributed by atoms with Gasteiger partial charge in [0, 0.05) is 36.7 Å². The highest BCUT2D eigenvalue weighted by atomic mass is 16.5. The van der Waals surface area contributed by atoms with E-state index in [4.69, 9.17) is 33.4 Å². The number of nitrogens with zero attached hydrogens (tertiary/aromatic N) is 1. The van der Waals surface area contributed by atoms with Crippen LogP contribution in [0.2, 0.25) is 0 Å². The van der Waals surface area contributed by atoms with Crippen molar-refractivity contribution in [1.29, 1.82) is 0 Å². The molecule has 31 nitrogen and oxygen atoms in total. The maximum absolute atomic E-state index is 14.5. The largest absolute Gasteiger partial charge is 0.481 e. The van der Waals surface area contributed by atoms with Crippen molar-refractivity contribution in [3.05, 3.63) is 83.9 Å². The fourth-order valence-electron chi connectivity index (χ4n) is 9.41. The Hall–Kier alpha value is -8.72. The van der Waals surface area contributed by atoms with Gasteiger partial charge in [0.15, 0.2) is 0 Å². The third-order valence-corrected chi connectivity index (χ3v) is 14.3. The molecule has 0 spiro atoms. The standard InChI is InChI=1S/C59H89N17O14/c1-31(2)26-43-55(85)70-37(16-21-60)50(80)69-40(19-24-63)54(84)75-47(32(3)77)58(88)65-25-20-41(52(82)68-38(17-22-61)51(81)73-44(56(86)72-43)27-34-12-8-6-9-13-34)71-57(87)45(30-64)74-59(89)48(33(4)78)76-53(83)39(18-23-62)67-49(79)36-28-42(66-46(29-36)90-5)35-14-10-7-11-15-35/h6-15,28-29,31-33,37-41,43-45,47-48,77-78H,16-27,30,60-64H2,1-5H3,(H,65,88)(H,67,79)(H,68,82)(H,69,80)(H,70,85)(H,71,87)(H,72,86)(H,73,81)(H,74,89)(H,75,84)(H,76,83)/t32-,33-,37+,38+,39+,40+,41+,43+,44-,45+,47+,48+/m1/s1. The van der Waals surface area contributed by atoms with Gasteiger partial charge in [-0.2, -0.15) is 0 Å². The molecule has 0 radical (unpaired) electrons. The van der Waals surface area contributed by atoms with Crippen molar-refractivity contribution in [2.45, 2.75) is 145 Å². The van der Waals surface area contributed by atoms with Crippen LogP contribution in [0.15, 0.2) is 72.8 Å². The molecule has 3 aromatic rings. The summed E-state index contributed by atoms with van der Waals surface area (Å²) in [5, 5.41) is 49.4. The number of hydrogen-bond acceptors (Lipinski definition) is 20. The SMILES string of the molecule is COc1cc(C(=O)N[C@@H](CCN)C(=O)N[C@H](C(=O)N[C@@H](CN)C(=O)N[C@H]2CCNC(=O)[C@H]([C@@H](C)O)NC(=O)[C@H](CCN)NC(=O)[C@H](CCN)NC(=O)[C@H](CC(C)C)NC(=O)[C@@H](Cc3ccccc3)NC(=O)[C@H](CCN)NC2=O)[C@@H](C)O)cc(-c2ccccc2)n1. The minimum atomic E-state index is -1.80. The lowest BCUT2D eigenvalue weighted by molar-refractivity contribution is -0.136. The number of pyridine rings is 1. The number of carbonyl (C=O) groups excluding carboxylic acids is 11. The average Bonchev–Trinajstić information content (AvgIpc) is 1.03. The second-order valence-electron chi connectivity index (χ2n) is 22.0. The maximum Gasteiger partial charge on any atom is 0.252 e. The van der Waals surface area contributed by atoms with E-state index >= 15 is 0 Å². The van der Waals surface area contributed by atoms with Gasteiger partial charge < -0.3 is 102 Å². The first-order valence-corrected chi connectivity index (χ1v) is 29.7. The number of nitrogens with two attached hydrogens (primary N) is 5. The average molecular weight is 1260 g/mol. The lowest BCUT2D eigenvalue weighted by atomic mass is 10.00. The number of aromatic nitrogens is 1. The van der Waals surface area contributed by atoms with Crippen molar-refractivity contribution in [3.8, 4) is 17.1 Å². The molecule has 1 aliphatic heterocycles. The molecule has 2 heterocycles. The Kier molecular flexibility index (Phi) is 30.6. The molecular formula is C59H89N17O14. The van der Waals surface area contributed by atoms with Crippen molar-refractivity contribution in [2.75, 3.05) is 46.4 Å². The van der Waals surface area contributed by atoms with Crippen molar-refractivity contribution in [3.63, 3.8) is 0 Å². The van der Waals surface area contributed by atoms with Gasteiger partial charge >= 0.3 is 0 Å². The number of hydrogen-bond donors (Lipinski definition) is 18. The molecule has 0 unspecified atom stereocenters. The number of methoxy groups -OCH3 is 1. The molecule has 12 atom stereocenters. The first-order valence-electron chi connectivity index (χ1n) is 29.7. The van der Waals surface area contributed by atoms with Crippen LogP contribution in [0.3, 0.4) is 0 Å². The minimum absolute atomic E-state index is 0.0331. The van der Waals surface area contributed by atoms with E-state index in [0.717, 1.165) is 6.92 Å². The number of amides is 11. The van der Waals surface area contributed by atoms with Crippen LogP contribution in [-0.2, 0) is 54.4 Å². The Balaban J connectivity index is 1.69. The highest BCUT2D eigenvalue weighted by molar-refractivity contribution is 6.01. The Bertz CT molecular complexity index is 2910. The number of aliphatic hydroxyl groups excluding tert-OH is 2. The lowest BCUT2D eigenvalue weighted by Gasteiger charge is -2.28. The highest BCUT2D eigenvalue weighted by Crippen LogP contribution is 2.23. The molecule has 0 aliphatic carbocycles. The summed E-state index contributed by atoms with van der Waals surface area (Å²) in [4.78, 5) is 159. The second kappa shape index (κ2) is 37.3. The first kappa shape index (κ1) is 73.7. The fourth-order valence-corrected chi connectivity index (χ4v) is 9.41. The predicted octanol–water partition coefficient (Wildman–Crippen LogP) is -5.86. The van der Waals surface area contributed by atoms with Crippen LogP contribution in [0.5, 0.6) is 5.88 Å². The minimum Gasteiger partial charge on any atom is -0.481 e. The van der Waals surface area contributed by atoms with Crippen molar-refractivity contribution < 1.29 is 67.7 Å². The molecule has 2 aromatic carbocycles. The van der Waals surface area contributed by atoms with Gasteiger partial charge in [-0.3, -0.25) is 52.7 Å². The van der Waals surface area contributed by atoms with Crippen LogP contribution in [-0.4, -0.2) is 199 Å². The van der Waals surface area contributed by atoms with Crippen molar-refractivity contribution >= 4 is 65.0 Å². The van der Waals surface area contributed by atoms with E-state index in [1.54, 1.807) is 74.5 Å². The monoisotopic (exact) mass is 1260 g/mol. The van der Waals surface area contributed by atoms with E-state index < -0.39 is 157 Å². The Morgan fingerprint density at radius 3 is 1.64 bits per heavy atom. The molecule has 4 rings (SSSR count). The summed E-state index contributed by atoms with van der Waals surface area (Å²) < 4.78 is 5.32. The molecule has 23 N–H and O–H groups in total. The van der Waals surface area contributed by atoms with E-state index in [1.807, 2.05) is 0 Å². The van der Waals surface area contributed by atoms with Crippen LogP contribution < -0.4 is 91.9 Å². The Labute approximate surface area is 521 Å². The molecule has 1 aromatic heterocycles. The van der Waals surface area contributed by atoms with Crippen LogP contribution in [0, 0.1) is 5.92 Å². The summed E-state index contributed by atoms with van der Waals surface area (Å²) in [6, 6.07) is 4.82. The highest BCUT2D eigenvalue weighted by Gasteiger charge is 2.38. The smallest absolute Gasteiger partial charge is 0.252 e. The third-order valence-electron chi connectivity index (χ3n) is 14.3.